The highest BCUT2D eigenvalue weighted by Gasteiger charge is 2.38. The maximum Gasteiger partial charge on any atom is 0.416 e. The highest BCUT2D eigenvalue weighted by molar-refractivity contribution is 7.89. The summed E-state index contributed by atoms with van der Waals surface area (Å²) in [5.41, 5.74) is -3.54. The normalized spacial score (nSPS) is 13.6. The summed E-state index contributed by atoms with van der Waals surface area (Å²) in [7, 11) is -4.87. The molecule has 190 valence electrons. The number of benzene rings is 2. The predicted octanol–water partition coefficient (Wildman–Crippen LogP) is 5.31. The van der Waals surface area contributed by atoms with Gasteiger partial charge in [0.15, 0.2) is 5.82 Å². The molecule has 3 aromatic rings. The fraction of sp³-hybridized carbons (Fsp3) is 0.300. The minimum Gasteiger partial charge on any atom is -0.424 e. The monoisotopic (exact) mass is 526 g/mol. The van der Waals surface area contributed by atoms with E-state index < -0.39 is 50.3 Å². The minimum absolute atomic E-state index is 0.0313. The molecule has 0 radical (unpaired) electrons. The molecule has 1 aromatic heterocycles. The zero-order valence-electron chi connectivity index (χ0n) is 17.9. The van der Waals surface area contributed by atoms with Gasteiger partial charge in [-0.2, -0.15) is 26.3 Å². The van der Waals surface area contributed by atoms with Crippen molar-refractivity contribution >= 4 is 10.0 Å². The first-order valence-corrected chi connectivity index (χ1v) is 11.3. The summed E-state index contributed by atoms with van der Waals surface area (Å²) in [5.74, 6) is -0.352. The Morgan fingerprint density at radius 3 is 2.00 bits per heavy atom. The van der Waals surface area contributed by atoms with E-state index in [-0.39, 0.29) is 42.3 Å². The average molecular weight is 526 g/mol. The molecule has 0 bridgehead atoms. The van der Waals surface area contributed by atoms with Crippen molar-refractivity contribution in [2.45, 2.75) is 43.7 Å². The summed E-state index contributed by atoms with van der Waals surface area (Å²) in [4.78, 5) is -1.23. The molecule has 7 nitrogen and oxygen atoms in total. The maximum absolute atomic E-state index is 13.1. The molecule has 35 heavy (non-hydrogen) atoms. The maximum atomic E-state index is 13.1. The van der Waals surface area contributed by atoms with Crippen LogP contribution in [0.2, 0.25) is 0 Å². The lowest BCUT2D eigenvalue weighted by Crippen LogP contribution is -2.29. The predicted molar refractivity (Wildman–Crippen MR) is 107 cm³/mol. The van der Waals surface area contributed by atoms with Crippen molar-refractivity contribution in [3.05, 3.63) is 65.2 Å². The molecular formula is C20H17F7N4O3S. The Labute approximate surface area is 194 Å². The first-order chi connectivity index (χ1) is 16.1. The van der Waals surface area contributed by atoms with Crippen molar-refractivity contribution in [2.75, 3.05) is 0 Å². The first-order valence-electron chi connectivity index (χ1n) is 9.80. The van der Waals surface area contributed by atoms with Crippen molar-refractivity contribution in [1.29, 1.82) is 0 Å². The molecular weight excluding hydrogens is 509 g/mol. The Hall–Kier alpha value is -3.20. The van der Waals surface area contributed by atoms with E-state index >= 15 is 0 Å². The van der Waals surface area contributed by atoms with Crippen LogP contribution >= 0.6 is 0 Å². The van der Waals surface area contributed by atoms with Gasteiger partial charge < -0.3 is 4.74 Å². The number of ether oxygens (including phenoxy) is 1. The van der Waals surface area contributed by atoms with Crippen LogP contribution in [0.1, 0.15) is 36.8 Å². The first kappa shape index (κ1) is 26.4. The highest BCUT2D eigenvalue weighted by Crippen LogP contribution is 2.37. The van der Waals surface area contributed by atoms with Gasteiger partial charge >= 0.3 is 18.4 Å². The molecule has 0 aliphatic rings. The Kier molecular flexibility index (Phi) is 7.13. The molecule has 2 aromatic carbocycles. The van der Waals surface area contributed by atoms with Crippen molar-refractivity contribution in [2.24, 2.45) is 0 Å². The molecule has 0 unspecified atom stereocenters. The number of nitrogens with one attached hydrogen (secondary N) is 1. The Bertz CT molecular complexity index is 1270. The van der Waals surface area contributed by atoms with Crippen LogP contribution < -0.4 is 9.46 Å². The molecule has 0 amide bonds. The molecule has 3 rings (SSSR count). The molecule has 1 N–H and O–H groups in total. The Morgan fingerprint density at radius 1 is 0.971 bits per heavy atom. The molecule has 0 fully saturated rings. The van der Waals surface area contributed by atoms with Gasteiger partial charge in [-0.1, -0.05) is 5.10 Å². The summed E-state index contributed by atoms with van der Waals surface area (Å²) < 4.78 is 126. The summed E-state index contributed by atoms with van der Waals surface area (Å²) in [6.45, 7) is 3.06. The van der Waals surface area contributed by atoms with Gasteiger partial charge in [0.2, 0.25) is 10.0 Å². The number of aromatic nitrogens is 3. The van der Waals surface area contributed by atoms with Crippen LogP contribution in [-0.2, 0) is 28.9 Å². The van der Waals surface area contributed by atoms with E-state index in [0.29, 0.717) is 0 Å². The molecule has 0 aliphatic heterocycles. The van der Waals surface area contributed by atoms with Crippen LogP contribution in [-0.4, -0.2) is 23.2 Å². The number of halogens is 7. The van der Waals surface area contributed by atoms with Crippen LogP contribution in [0, 0.1) is 5.82 Å². The van der Waals surface area contributed by atoms with Crippen LogP contribution in [0.3, 0.4) is 0 Å². The van der Waals surface area contributed by atoms with E-state index in [0.717, 1.165) is 12.1 Å². The van der Waals surface area contributed by atoms with Gasteiger partial charge in [-0.05, 0) is 56.3 Å². The van der Waals surface area contributed by atoms with Crippen LogP contribution in [0.5, 0.6) is 11.8 Å². The van der Waals surface area contributed by atoms with Gasteiger partial charge in [-0.25, -0.2) is 17.5 Å². The zero-order chi connectivity index (χ0) is 26.2. The summed E-state index contributed by atoms with van der Waals surface area (Å²) in [6, 6.07) is 3.59. The van der Waals surface area contributed by atoms with Crippen LogP contribution in [0.25, 0.3) is 0 Å². The highest BCUT2D eigenvalue weighted by atomic mass is 32.2. The summed E-state index contributed by atoms with van der Waals surface area (Å²) in [6.07, 6.45) is -10.4. The average Bonchev–Trinajstić information content (AvgIpc) is 3.16. The summed E-state index contributed by atoms with van der Waals surface area (Å²) >= 11 is 0. The standard InChI is InChI=1S/C20H17F7N4O3S/c1-3-31-17(28-29-18(31)34-15-6-4-14(21)5-7-15)11(2)30-35(32,33)16-9-12(19(22,23)24)8-13(10-16)20(25,26)27/h4-11,30H,3H2,1-2H3/t11-/m1/s1. The van der Waals surface area contributed by atoms with Crippen LogP contribution in [0.15, 0.2) is 47.4 Å². The lowest BCUT2D eigenvalue weighted by Gasteiger charge is -2.17. The van der Waals surface area contributed by atoms with Gasteiger partial charge in [-0.3, -0.25) is 4.57 Å². The number of alkyl halides is 6. The molecule has 0 aliphatic carbocycles. The molecule has 0 saturated heterocycles. The van der Waals surface area contributed by atoms with E-state index in [4.69, 9.17) is 4.74 Å². The molecule has 1 heterocycles. The second kappa shape index (κ2) is 9.45. The number of nitrogens with zero attached hydrogens (tertiary/aromatic N) is 3. The Morgan fingerprint density at radius 2 is 1.51 bits per heavy atom. The zero-order valence-corrected chi connectivity index (χ0v) is 18.8. The van der Waals surface area contributed by atoms with Crippen molar-refractivity contribution in [3.63, 3.8) is 0 Å². The minimum atomic E-state index is -5.22. The van der Waals surface area contributed by atoms with Crippen molar-refractivity contribution in [1.82, 2.24) is 19.5 Å². The molecule has 0 saturated carbocycles. The third-order valence-electron chi connectivity index (χ3n) is 4.68. The van der Waals surface area contributed by atoms with E-state index in [1.165, 1.54) is 23.6 Å². The third kappa shape index (κ3) is 6.08. The second-order valence-electron chi connectivity index (χ2n) is 7.23. The fourth-order valence-corrected chi connectivity index (χ4v) is 4.31. The lowest BCUT2D eigenvalue weighted by atomic mass is 10.1. The van der Waals surface area contributed by atoms with Gasteiger partial charge in [0.05, 0.1) is 22.1 Å². The topological polar surface area (TPSA) is 86.1 Å². The number of sulfonamides is 1. The molecule has 0 spiro atoms. The lowest BCUT2D eigenvalue weighted by molar-refractivity contribution is -0.143. The quantitative estimate of drug-likeness (QED) is 0.422. The van der Waals surface area contributed by atoms with Crippen molar-refractivity contribution < 1.29 is 43.9 Å². The van der Waals surface area contributed by atoms with E-state index in [2.05, 4.69) is 10.2 Å². The smallest absolute Gasteiger partial charge is 0.416 e. The van der Waals surface area contributed by atoms with Gasteiger partial charge in [0, 0.05) is 6.54 Å². The number of hydrogen-bond acceptors (Lipinski definition) is 5. The fourth-order valence-electron chi connectivity index (χ4n) is 3.04. The van der Waals surface area contributed by atoms with E-state index in [9.17, 15) is 39.2 Å². The van der Waals surface area contributed by atoms with E-state index in [1.807, 2.05) is 4.72 Å². The number of hydrogen-bond donors (Lipinski definition) is 1. The Balaban J connectivity index is 1.93. The third-order valence-corrected chi connectivity index (χ3v) is 6.20. The van der Waals surface area contributed by atoms with Gasteiger partial charge in [0.1, 0.15) is 11.6 Å². The van der Waals surface area contributed by atoms with Crippen molar-refractivity contribution in [3.8, 4) is 11.8 Å². The second-order valence-corrected chi connectivity index (χ2v) is 8.94. The SMILES string of the molecule is CCn1c(Oc2ccc(F)cc2)nnc1[C@@H](C)NS(=O)(=O)c1cc(C(F)(F)F)cc(C(F)(F)F)c1. The van der Waals surface area contributed by atoms with Gasteiger partial charge in [0.25, 0.3) is 0 Å². The van der Waals surface area contributed by atoms with Crippen LogP contribution in [0.4, 0.5) is 30.7 Å². The summed E-state index contributed by atoms with van der Waals surface area (Å²) in [5, 5.41) is 7.61. The molecule has 1 atom stereocenters. The molecule has 15 heteroatoms. The van der Waals surface area contributed by atoms with E-state index in [1.54, 1.807) is 6.92 Å². The number of rotatable bonds is 7. The largest absolute Gasteiger partial charge is 0.424 e. The van der Waals surface area contributed by atoms with Gasteiger partial charge in [-0.15, -0.1) is 5.10 Å².